The van der Waals surface area contributed by atoms with Crippen LogP contribution in [0.1, 0.15) is 23.0 Å². The Morgan fingerprint density at radius 1 is 1.14 bits per heavy atom. The van der Waals surface area contributed by atoms with E-state index in [2.05, 4.69) is 10.4 Å². The molecule has 0 spiro atoms. The predicted molar refractivity (Wildman–Crippen MR) is 108 cm³/mol. The molecule has 3 aromatic rings. The molecular formula is C21H21N3O5. The number of carbonyl (C=O) groups excluding carboxylic acids is 2. The first kappa shape index (κ1) is 20.1. The van der Waals surface area contributed by atoms with Gasteiger partial charge in [0.1, 0.15) is 5.75 Å². The van der Waals surface area contributed by atoms with E-state index >= 15 is 0 Å². The Bertz CT molecular complexity index is 1150. The molecule has 0 fully saturated rings. The van der Waals surface area contributed by atoms with Crippen molar-refractivity contribution in [2.75, 3.05) is 12.4 Å². The SMILES string of the molecule is COc1ccc(C)cc1NC(=O)[C@H](C)OC(=O)c1nn(C)c(=O)c2ccccc12. The Hall–Kier alpha value is -3.68. The number of methoxy groups -OCH3 is 1. The lowest BCUT2D eigenvalue weighted by atomic mass is 10.1. The van der Waals surface area contributed by atoms with Gasteiger partial charge in [-0.25, -0.2) is 9.48 Å². The fraction of sp³-hybridized carbons (Fsp3) is 0.238. The number of carbonyl (C=O) groups is 2. The highest BCUT2D eigenvalue weighted by Gasteiger charge is 2.23. The molecule has 0 unspecified atom stereocenters. The third-order valence-electron chi connectivity index (χ3n) is 4.42. The molecule has 8 nitrogen and oxygen atoms in total. The topological polar surface area (TPSA) is 99.5 Å². The first-order chi connectivity index (χ1) is 13.8. The van der Waals surface area contributed by atoms with Gasteiger partial charge < -0.3 is 14.8 Å². The van der Waals surface area contributed by atoms with Crippen LogP contribution < -0.4 is 15.6 Å². The molecule has 1 N–H and O–H groups in total. The average Bonchev–Trinajstić information content (AvgIpc) is 2.70. The fourth-order valence-corrected chi connectivity index (χ4v) is 2.87. The zero-order valence-corrected chi connectivity index (χ0v) is 16.6. The molecule has 1 heterocycles. The number of amides is 1. The minimum Gasteiger partial charge on any atom is -0.495 e. The summed E-state index contributed by atoms with van der Waals surface area (Å²) in [7, 11) is 2.95. The number of benzene rings is 2. The highest BCUT2D eigenvalue weighted by atomic mass is 16.5. The smallest absolute Gasteiger partial charge is 0.360 e. The quantitative estimate of drug-likeness (QED) is 0.666. The second-order valence-electron chi connectivity index (χ2n) is 6.56. The van der Waals surface area contributed by atoms with Crippen molar-refractivity contribution in [2.24, 2.45) is 7.05 Å². The van der Waals surface area contributed by atoms with E-state index in [1.54, 1.807) is 36.4 Å². The molecule has 2 aromatic carbocycles. The van der Waals surface area contributed by atoms with Crippen LogP contribution in [0, 0.1) is 6.92 Å². The predicted octanol–water partition coefficient (Wildman–Crippen LogP) is 2.43. The Morgan fingerprint density at radius 2 is 1.83 bits per heavy atom. The van der Waals surface area contributed by atoms with Gasteiger partial charge in [0.05, 0.1) is 18.2 Å². The van der Waals surface area contributed by atoms with Crippen molar-refractivity contribution in [3.8, 4) is 5.75 Å². The number of hydrogen-bond donors (Lipinski definition) is 1. The Balaban J connectivity index is 1.82. The van der Waals surface area contributed by atoms with Crippen molar-refractivity contribution >= 4 is 28.3 Å². The molecule has 3 rings (SSSR count). The maximum absolute atomic E-state index is 12.7. The number of rotatable bonds is 5. The largest absolute Gasteiger partial charge is 0.495 e. The van der Waals surface area contributed by atoms with Crippen LogP contribution in [0.15, 0.2) is 47.3 Å². The van der Waals surface area contributed by atoms with Crippen molar-refractivity contribution in [2.45, 2.75) is 20.0 Å². The molecule has 1 amide bonds. The molecule has 0 aliphatic rings. The average molecular weight is 395 g/mol. The third-order valence-corrected chi connectivity index (χ3v) is 4.42. The number of aryl methyl sites for hydroxylation is 2. The molecule has 0 bridgehead atoms. The standard InChI is InChI=1S/C21H21N3O5/c1-12-9-10-17(28-4)16(11-12)22-19(25)13(2)29-21(27)18-14-7-5-6-8-15(14)20(26)24(3)23-18/h5-11,13H,1-4H3,(H,22,25)/t13-/m0/s1. The number of aromatic nitrogens is 2. The van der Waals surface area contributed by atoms with Crippen LogP contribution in [0.25, 0.3) is 10.8 Å². The molecular weight excluding hydrogens is 374 g/mol. The van der Waals surface area contributed by atoms with Crippen molar-refractivity contribution in [3.63, 3.8) is 0 Å². The van der Waals surface area contributed by atoms with E-state index in [1.807, 2.05) is 13.0 Å². The van der Waals surface area contributed by atoms with Gasteiger partial charge in [0.25, 0.3) is 11.5 Å². The highest BCUT2D eigenvalue weighted by molar-refractivity contribution is 6.04. The number of fused-ring (bicyclic) bond motifs is 1. The number of esters is 1. The maximum Gasteiger partial charge on any atom is 0.360 e. The number of nitrogens with one attached hydrogen (secondary N) is 1. The minimum atomic E-state index is -1.09. The van der Waals surface area contributed by atoms with E-state index < -0.39 is 18.0 Å². The summed E-state index contributed by atoms with van der Waals surface area (Å²) in [4.78, 5) is 37.4. The van der Waals surface area contributed by atoms with Crippen LogP contribution in [0.3, 0.4) is 0 Å². The fourth-order valence-electron chi connectivity index (χ4n) is 2.87. The third kappa shape index (κ3) is 4.11. The lowest BCUT2D eigenvalue weighted by Gasteiger charge is -2.16. The van der Waals surface area contributed by atoms with Crippen LogP contribution >= 0.6 is 0 Å². The van der Waals surface area contributed by atoms with E-state index in [0.29, 0.717) is 22.2 Å². The van der Waals surface area contributed by atoms with E-state index in [0.717, 1.165) is 10.2 Å². The van der Waals surface area contributed by atoms with Crippen molar-refractivity contribution in [1.29, 1.82) is 0 Å². The monoisotopic (exact) mass is 395 g/mol. The highest BCUT2D eigenvalue weighted by Crippen LogP contribution is 2.25. The lowest BCUT2D eigenvalue weighted by Crippen LogP contribution is -2.31. The van der Waals surface area contributed by atoms with Crippen LogP contribution in [-0.2, 0) is 16.6 Å². The van der Waals surface area contributed by atoms with Gasteiger partial charge >= 0.3 is 5.97 Å². The Labute approximate surface area is 167 Å². The summed E-state index contributed by atoms with van der Waals surface area (Å²) in [6.07, 6.45) is -1.09. The minimum absolute atomic E-state index is 0.0320. The molecule has 1 aromatic heterocycles. The van der Waals surface area contributed by atoms with Gasteiger partial charge in [-0.2, -0.15) is 5.10 Å². The lowest BCUT2D eigenvalue weighted by molar-refractivity contribution is -0.123. The van der Waals surface area contributed by atoms with E-state index in [9.17, 15) is 14.4 Å². The van der Waals surface area contributed by atoms with E-state index in [1.165, 1.54) is 21.1 Å². The van der Waals surface area contributed by atoms with Gasteiger partial charge in [0.2, 0.25) is 0 Å². The summed E-state index contributed by atoms with van der Waals surface area (Å²) < 4.78 is 11.6. The van der Waals surface area contributed by atoms with Gasteiger partial charge in [-0.05, 0) is 37.6 Å². The van der Waals surface area contributed by atoms with Gasteiger partial charge in [0, 0.05) is 12.4 Å². The Kier molecular flexibility index (Phi) is 5.63. The summed E-state index contributed by atoms with van der Waals surface area (Å²) in [5.41, 5.74) is 1.06. The normalized spacial score (nSPS) is 11.7. The van der Waals surface area contributed by atoms with Gasteiger partial charge in [-0.3, -0.25) is 9.59 Å². The summed E-state index contributed by atoms with van der Waals surface area (Å²) in [6, 6.07) is 12.0. The zero-order valence-electron chi connectivity index (χ0n) is 16.6. The second kappa shape index (κ2) is 8.14. The van der Waals surface area contributed by atoms with Crippen LogP contribution in [-0.4, -0.2) is 34.9 Å². The first-order valence-corrected chi connectivity index (χ1v) is 8.94. The number of anilines is 1. The molecule has 1 atom stereocenters. The van der Waals surface area contributed by atoms with Gasteiger partial charge in [-0.1, -0.05) is 24.3 Å². The number of ether oxygens (including phenoxy) is 2. The van der Waals surface area contributed by atoms with Crippen molar-refractivity contribution in [3.05, 3.63) is 64.1 Å². The maximum atomic E-state index is 12.7. The molecule has 8 heteroatoms. The molecule has 150 valence electrons. The molecule has 0 saturated carbocycles. The summed E-state index contributed by atoms with van der Waals surface area (Å²) >= 11 is 0. The van der Waals surface area contributed by atoms with Crippen molar-refractivity contribution < 1.29 is 19.1 Å². The van der Waals surface area contributed by atoms with Crippen LogP contribution in [0.4, 0.5) is 5.69 Å². The van der Waals surface area contributed by atoms with Crippen LogP contribution in [0.2, 0.25) is 0 Å². The zero-order chi connectivity index (χ0) is 21.1. The van der Waals surface area contributed by atoms with Crippen molar-refractivity contribution in [1.82, 2.24) is 9.78 Å². The first-order valence-electron chi connectivity index (χ1n) is 8.94. The molecule has 0 aliphatic heterocycles. The molecule has 29 heavy (non-hydrogen) atoms. The molecule has 0 saturated heterocycles. The molecule has 0 radical (unpaired) electrons. The summed E-state index contributed by atoms with van der Waals surface area (Å²) in [5.74, 6) is -0.819. The molecule has 0 aliphatic carbocycles. The Morgan fingerprint density at radius 3 is 2.52 bits per heavy atom. The summed E-state index contributed by atoms with van der Waals surface area (Å²) in [5, 5.41) is 7.43. The number of hydrogen-bond acceptors (Lipinski definition) is 6. The van der Waals surface area contributed by atoms with Gasteiger partial charge in [0.15, 0.2) is 11.8 Å². The second-order valence-corrected chi connectivity index (χ2v) is 6.56. The summed E-state index contributed by atoms with van der Waals surface area (Å²) in [6.45, 7) is 3.34. The van der Waals surface area contributed by atoms with E-state index in [4.69, 9.17) is 9.47 Å². The number of nitrogens with zero attached hydrogens (tertiary/aromatic N) is 2. The van der Waals surface area contributed by atoms with Crippen LogP contribution in [0.5, 0.6) is 5.75 Å². The van der Waals surface area contributed by atoms with Gasteiger partial charge in [-0.15, -0.1) is 0 Å². The van der Waals surface area contributed by atoms with E-state index in [-0.39, 0.29) is 11.3 Å².